The average molecular weight is 320 g/mol. The number of nitrogen functional groups attached to an aromatic ring is 2. The summed E-state index contributed by atoms with van der Waals surface area (Å²) in [6, 6.07) is 5.99. The van der Waals surface area contributed by atoms with Crippen molar-refractivity contribution in [2.45, 2.75) is 19.4 Å². The van der Waals surface area contributed by atoms with Gasteiger partial charge >= 0.3 is 0 Å². The highest BCUT2D eigenvalue weighted by atomic mass is 35.5. The Labute approximate surface area is 133 Å². The summed E-state index contributed by atoms with van der Waals surface area (Å²) in [7, 11) is 0. The monoisotopic (exact) mass is 319 g/mol. The van der Waals surface area contributed by atoms with E-state index >= 15 is 0 Å². The van der Waals surface area contributed by atoms with Crippen LogP contribution < -0.4 is 21.7 Å². The van der Waals surface area contributed by atoms with Crippen molar-refractivity contribution in [2.24, 2.45) is 0 Å². The molecule has 3 rings (SSSR count). The molecular weight excluding hydrogens is 302 g/mol. The predicted molar refractivity (Wildman–Crippen MR) is 88.9 cm³/mol. The van der Waals surface area contributed by atoms with Crippen LogP contribution in [0.2, 0.25) is 5.15 Å². The van der Waals surface area contributed by atoms with E-state index in [9.17, 15) is 0 Å². The first-order valence-electron chi connectivity index (χ1n) is 7.17. The van der Waals surface area contributed by atoms with Crippen molar-refractivity contribution in [3.63, 3.8) is 0 Å². The number of rotatable bonds is 4. The Bertz CT molecular complexity index is 670. The van der Waals surface area contributed by atoms with Gasteiger partial charge < -0.3 is 21.7 Å². The SMILES string of the molecule is Nc1nc(Cl)c(N)c(NCc2cccc(N3CCCC3)n2)n1. The van der Waals surface area contributed by atoms with Gasteiger partial charge in [0.2, 0.25) is 5.95 Å². The van der Waals surface area contributed by atoms with Gasteiger partial charge in [0.1, 0.15) is 11.5 Å². The molecule has 2 aromatic heterocycles. The van der Waals surface area contributed by atoms with Gasteiger partial charge in [0.25, 0.3) is 0 Å². The highest BCUT2D eigenvalue weighted by Gasteiger charge is 2.14. The lowest BCUT2D eigenvalue weighted by molar-refractivity contribution is 0.915. The molecule has 3 heterocycles. The van der Waals surface area contributed by atoms with Crippen LogP contribution in [0.1, 0.15) is 18.5 Å². The summed E-state index contributed by atoms with van der Waals surface area (Å²) >= 11 is 5.89. The molecule has 0 unspecified atom stereocenters. The van der Waals surface area contributed by atoms with Gasteiger partial charge in [-0.05, 0) is 25.0 Å². The number of nitrogens with two attached hydrogens (primary N) is 2. The lowest BCUT2D eigenvalue weighted by Crippen LogP contribution is -2.19. The first kappa shape index (κ1) is 14.6. The summed E-state index contributed by atoms with van der Waals surface area (Å²) in [5.41, 5.74) is 12.6. The molecule has 22 heavy (non-hydrogen) atoms. The van der Waals surface area contributed by atoms with Crippen LogP contribution in [0.4, 0.5) is 23.3 Å². The minimum Gasteiger partial charge on any atom is -0.393 e. The van der Waals surface area contributed by atoms with E-state index < -0.39 is 0 Å². The Balaban J connectivity index is 1.73. The summed E-state index contributed by atoms with van der Waals surface area (Å²) in [5.74, 6) is 1.51. The first-order chi connectivity index (χ1) is 10.6. The Kier molecular flexibility index (Phi) is 4.15. The van der Waals surface area contributed by atoms with Gasteiger partial charge in [-0.2, -0.15) is 9.97 Å². The van der Waals surface area contributed by atoms with Crippen molar-refractivity contribution in [2.75, 3.05) is 34.8 Å². The molecule has 0 aliphatic carbocycles. The molecule has 2 aromatic rings. The van der Waals surface area contributed by atoms with Crippen molar-refractivity contribution in [3.05, 3.63) is 29.0 Å². The second kappa shape index (κ2) is 6.23. The topological polar surface area (TPSA) is 106 Å². The fourth-order valence-corrected chi connectivity index (χ4v) is 2.63. The predicted octanol–water partition coefficient (Wildman–Crippen LogP) is 1.90. The second-order valence-corrected chi connectivity index (χ2v) is 5.53. The zero-order valence-corrected chi connectivity index (χ0v) is 12.8. The van der Waals surface area contributed by atoms with Crippen molar-refractivity contribution < 1.29 is 0 Å². The van der Waals surface area contributed by atoms with Crippen molar-refractivity contribution in [3.8, 4) is 0 Å². The fraction of sp³-hybridized carbons (Fsp3) is 0.357. The third-order valence-corrected chi connectivity index (χ3v) is 3.86. The lowest BCUT2D eigenvalue weighted by atomic mass is 10.3. The van der Waals surface area contributed by atoms with Crippen LogP contribution in [0.3, 0.4) is 0 Å². The fourth-order valence-electron chi connectivity index (χ4n) is 2.46. The van der Waals surface area contributed by atoms with Crippen molar-refractivity contribution in [1.29, 1.82) is 0 Å². The van der Waals surface area contributed by atoms with E-state index in [-0.39, 0.29) is 16.8 Å². The molecule has 0 atom stereocenters. The van der Waals surface area contributed by atoms with E-state index in [1.165, 1.54) is 12.8 Å². The van der Waals surface area contributed by atoms with E-state index in [1.54, 1.807) is 0 Å². The molecule has 0 spiro atoms. The minimum absolute atomic E-state index is 0.0838. The largest absolute Gasteiger partial charge is 0.393 e. The molecule has 0 bridgehead atoms. The molecule has 1 aliphatic heterocycles. The van der Waals surface area contributed by atoms with Gasteiger partial charge in [0, 0.05) is 13.1 Å². The number of nitrogens with zero attached hydrogens (tertiary/aromatic N) is 4. The molecule has 1 fully saturated rings. The number of nitrogens with one attached hydrogen (secondary N) is 1. The first-order valence-corrected chi connectivity index (χ1v) is 7.54. The molecule has 0 aromatic carbocycles. The van der Waals surface area contributed by atoms with E-state index in [0.29, 0.717) is 12.4 Å². The van der Waals surface area contributed by atoms with Crippen LogP contribution in [-0.4, -0.2) is 28.0 Å². The van der Waals surface area contributed by atoms with E-state index in [0.717, 1.165) is 24.6 Å². The second-order valence-electron chi connectivity index (χ2n) is 5.17. The molecule has 116 valence electrons. The molecule has 1 saturated heterocycles. The molecule has 8 heteroatoms. The third-order valence-electron chi connectivity index (χ3n) is 3.58. The lowest BCUT2D eigenvalue weighted by Gasteiger charge is -2.17. The van der Waals surface area contributed by atoms with Gasteiger partial charge in [-0.15, -0.1) is 0 Å². The van der Waals surface area contributed by atoms with Gasteiger partial charge in [-0.1, -0.05) is 17.7 Å². The summed E-state index contributed by atoms with van der Waals surface area (Å²) in [4.78, 5) is 14.8. The number of hydrogen-bond acceptors (Lipinski definition) is 7. The third kappa shape index (κ3) is 3.14. The number of anilines is 4. The minimum atomic E-state index is 0.0838. The van der Waals surface area contributed by atoms with Crippen LogP contribution in [-0.2, 0) is 6.54 Å². The standard InChI is InChI=1S/C14H18ClN7/c15-12-11(16)13(21-14(17)20-12)18-8-9-4-3-5-10(19-9)22-6-1-2-7-22/h3-5H,1-2,6-8,16H2,(H3,17,18,20,21). The maximum absolute atomic E-state index is 5.89. The van der Waals surface area contributed by atoms with Gasteiger partial charge in [-0.3, -0.25) is 0 Å². The van der Waals surface area contributed by atoms with Crippen LogP contribution in [0.5, 0.6) is 0 Å². The summed E-state index contributed by atoms with van der Waals surface area (Å²) in [5, 5.41) is 3.25. The van der Waals surface area contributed by atoms with Crippen LogP contribution in [0, 0.1) is 0 Å². The van der Waals surface area contributed by atoms with Crippen LogP contribution >= 0.6 is 11.6 Å². The molecule has 0 saturated carbocycles. The van der Waals surface area contributed by atoms with Crippen molar-refractivity contribution in [1.82, 2.24) is 15.0 Å². The van der Waals surface area contributed by atoms with Gasteiger partial charge in [-0.25, -0.2) is 4.98 Å². The highest BCUT2D eigenvalue weighted by molar-refractivity contribution is 6.32. The summed E-state index contributed by atoms with van der Waals surface area (Å²) in [6.07, 6.45) is 2.44. The average Bonchev–Trinajstić information content (AvgIpc) is 3.04. The number of halogens is 1. The zero-order chi connectivity index (χ0) is 15.5. The molecule has 0 amide bonds. The number of pyridine rings is 1. The normalized spacial score (nSPS) is 14.3. The van der Waals surface area contributed by atoms with Crippen LogP contribution in [0.25, 0.3) is 0 Å². The Morgan fingerprint density at radius 1 is 1.14 bits per heavy atom. The Morgan fingerprint density at radius 2 is 1.91 bits per heavy atom. The quantitative estimate of drug-likeness (QED) is 0.739. The summed E-state index contributed by atoms with van der Waals surface area (Å²) in [6.45, 7) is 2.61. The maximum atomic E-state index is 5.89. The molecule has 1 aliphatic rings. The Hall–Kier alpha value is -2.28. The van der Waals surface area contributed by atoms with E-state index in [4.69, 9.17) is 23.1 Å². The molecular formula is C14H18ClN7. The number of hydrogen-bond donors (Lipinski definition) is 3. The van der Waals surface area contributed by atoms with E-state index in [1.807, 2.05) is 18.2 Å². The van der Waals surface area contributed by atoms with E-state index in [2.05, 4.69) is 25.2 Å². The van der Waals surface area contributed by atoms with Gasteiger partial charge in [0.15, 0.2) is 11.0 Å². The summed E-state index contributed by atoms with van der Waals surface area (Å²) < 4.78 is 0. The molecule has 7 nitrogen and oxygen atoms in total. The van der Waals surface area contributed by atoms with Crippen molar-refractivity contribution >= 4 is 34.9 Å². The number of aromatic nitrogens is 3. The van der Waals surface area contributed by atoms with Gasteiger partial charge in [0.05, 0.1) is 12.2 Å². The Morgan fingerprint density at radius 3 is 2.68 bits per heavy atom. The zero-order valence-electron chi connectivity index (χ0n) is 12.1. The van der Waals surface area contributed by atoms with Crippen LogP contribution in [0.15, 0.2) is 18.2 Å². The highest BCUT2D eigenvalue weighted by Crippen LogP contribution is 2.25. The molecule has 5 N–H and O–H groups in total. The maximum Gasteiger partial charge on any atom is 0.223 e. The smallest absolute Gasteiger partial charge is 0.223 e. The molecule has 0 radical (unpaired) electrons.